The van der Waals surface area contributed by atoms with Crippen molar-refractivity contribution in [1.29, 1.82) is 0 Å². The maximum Gasteiger partial charge on any atom is 0.224 e. The van der Waals surface area contributed by atoms with Gasteiger partial charge in [-0.25, -0.2) is 0 Å². The molecule has 2 unspecified atom stereocenters. The highest BCUT2D eigenvalue weighted by Crippen LogP contribution is 2.23. The van der Waals surface area contributed by atoms with Gasteiger partial charge in [0.15, 0.2) is 0 Å². The molecule has 2 fully saturated rings. The highest BCUT2D eigenvalue weighted by Gasteiger charge is 2.22. The molecule has 168 valence electrons. The fourth-order valence-corrected chi connectivity index (χ4v) is 4.05. The van der Waals surface area contributed by atoms with Crippen LogP contribution in [0.25, 0.3) is 0 Å². The van der Waals surface area contributed by atoms with Crippen molar-refractivity contribution >= 4 is 48.8 Å². The number of carbonyl (C=O) groups is 1. The zero-order valence-corrected chi connectivity index (χ0v) is 20.0. The summed E-state index contributed by atoms with van der Waals surface area (Å²) in [6, 6.07) is 8.33. The van der Waals surface area contributed by atoms with Gasteiger partial charge in [-0.2, -0.15) is 0 Å². The van der Waals surface area contributed by atoms with Gasteiger partial charge in [-0.3, -0.25) is 9.69 Å². The second-order valence-electron chi connectivity index (χ2n) is 8.12. The van der Waals surface area contributed by atoms with Crippen molar-refractivity contribution in [2.45, 2.75) is 32.7 Å². The van der Waals surface area contributed by atoms with Crippen molar-refractivity contribution in [1.82, 2.24) is 15.1 Å². The number of amides is 1. The zero-order chi connectivity index (χ0) is 18.4. The third-order valence-corrected chi connectivity index (χ3v) is 5.86. The minimum atomic E-state index is 0. The Kier molecular flexibility index (Phi) is 14.2. The summed E-state index contributed by atoms with van der Waals surface area (Å²) < 4.78 is 0. The molecular weight excluding hydrogens is 431 g/mol. The van der Waals surface area contributed by atoms with E-state index in [0.717, 1.165) is 51.5 Å². The van der Waals surface area contributed by atoms with Crippen LogP contribution in [-0.2, 0) is 11.3 Å². The minimum absolute atomic E-state index is 0. The molecule has 0 radical (unpaired) electrons. The summed E-state index contributed by atoms with van der Waals surface area (Å²) in [5.41, 5.74) is 2.20. The molecule has 3 rings (SSSR count). The number of halogens is 3. The van der Waals surface area contributed by atoms with E-state index in [2.05, 4.69) is 52.6 Å². The molecule has 2 aliphatic heterocycles. The van der Waals surface area contributed by atoms with Crippen molar-refractivity contribution in [2.75, 3.05) is 51.6 Å². The van der Waals surface area contributed by atoms with E-state index in [1.807, 2.05) is 6.07 Å². The third kappa shape index (κ3) is 9.41. The summed E-state index contributed by atoms with van der Waals surface area (Å²) in [6.45, 7) is 9.82. The summed E-state index contributed by atoms with van der Waals surface area (Å²) in [7, 11) is 2.18. The molecule has 5 nitrogen and oxygen atoms in total. The smallest absolute Gasteiger partial charge is 0.224 e. The van der Waals surface area contributed by atoms with Gasteiger partial charge in [0.05, 0.1) is 0 Å². The van der Waals surface area contributed by atoms with E-state index >= 15 is 0 Å². The first-order chi connectivity index (χ1) is 12.6. The van der Waals surface area contributed by atoms with Crippen LogP contribution < -0.4 is 10.6 Å². The number of carbonyl (C=O) groups excluding carboxylic acids is 1. The Morgan fingerprint density at radius 3 is 2.59 bits per heavy atom. The molecule has 1 amide bonds. The first-order valence-corrected chi connectivity index (χ1v) is 10.1. The van der Waals surface area contributed by atoms with Crippen LogP contribution in [0.2, 0.25) is 0 Å². The van der Waals surface area contributed by atoms with Gasteiger partial charge in [-0.15, -0.1) is 37.2 Å². The molecule has 29 heavy (non-hydrogen) atoms. The summed E-state index contributed by atoms with van der Waals surface area (Å²) in [5.74, 6) is 1.19. The van der Waals surface area contributed by atoms with Crippen molar-refractivity contribution in [3.8, 4) is 0 Å². The number of anilines is 1. The zero-order valence-electron chi connectivity index (χ0n) is 17.6. The van der Waals surface area contributed by atoms with Gasteiger partial charge in [0.25, 0.3) is 0 Å². The fraction of sp³-hybridized carbons (Fsp3) is 0.667. The predicted molar refractivity (Wildman–Crippen MR) is 129 cm³/mol. The summed E-state index contributed by atoms with van der Waals surface area (Å²) in [4.78, 5) is 17.3. The number of hydrogen-bond acceptors (Lipinski definition) is 4. The van der Waals surface area contributed by atoms with Gasteiger partial charge in [0.1, 0.15) is 0 Å². The normalized spacial score (nSPS) is 21.1. The lowest BCUT2D eigenvalue weighted by atomic mass is 9.85. The highest BCUT2D eigenvalue weighted by atomic mass is 35.5. The first-order valence-electron chi connectivity index (χ1n) is 10.1. The van der Waals surface area contributed by atoms with Crippen LogP contribution in [0, 0.1) is 11.8 Å². The summed E-state index contributed by atoms with van der Waals surface area (Å²) >= 11 is 0. The lowest BCUT2D eigenvalue weighted by Gasteiger charge is -2.32. The Bertz CT molecular complexity index is 591. The molecule has 2 atom stereocenters. The van der Waals surface area contributed by atoms with Crippen LogP contribution in [0.3, 0.4) is 0 Å². The molecule has 0 bridgehead atoms. The molecule has 2 N–H and O–H groups in total. The fourth-order valence-electron chi connectivity index (χ4n) is 4.05. The van der Waals surface area contributed by atoms with Crippen molar-refractivity contribution in [3.05, 3.63) is 29.8 Å². The number of benzene rings is 1. The number of piperidine rings is 1. The van der Waals surface area contributed by atoms with Crippen LogP contribution in [0.5, 0.6) is 0 Å². The molecule has 2 heterocycles. The minimum Gasteiger partial charge on any atom is -0.326 e. The van der Waals surface area contributed by atoms with Gasteiger partial charge in [0, 0.05) is 44.8 Å². The molecule has 0 spiro atoms. The van der Waals surface area contributed by atoms with Crippen LogP contribution in [0.15, 0.2) is 24.3 Å². The van der Waals surface area contributed by atoms with E-state index in [9.17, 15) is 4.79 Å². The Labute approximate surface area is 194 Å². The topological polar surface area (TPSA) is 47.6 Å². The Balaban J connectivity index is 0.00000261. The van der Waals surface area contributed by atoms with Crippen molar-refractivity contribution < 1.29 is 4.79 Å². The summed E-state index contributed by atoms with van der Waals surface area (Å²) in [5, 5.41) is 6.56. The third-order valence-electron chi connectivity index (χ3n) is 5.86. The molecule has 0 saturated carbocycles. The van der Waals surface area contributed by atoms with Crippen LogP contribution in [0.4, 0.5) is 5.69 Å². The van der Waals surface area contributed by atoms with E-state index in [0.29, 0.717) is 18.3 Å². The van der Waals surface area contributed by atoms with Gasteiger partial charge >= 0.3 is 0 Å². The van der Waals surface area contributed by atoms with E-state index in [-0.39, 0.29) is 43.1 Å². The first kappa shape index (κ1) is 28.4. The molecular formula is C21H37Cl3N4O. The van der Waals surface area contributed by atoms with Gasteiger partial charge in [-0.05, 0) is 62.5 Å². The maximum absolute atomic E-state index is 12.5. The lowest BCUT2D eigenvalue weighted by molar-refractivity contribution is -0.117. The molecule has 2 aliphatic rings. The monoisotopic (exact) mass is 466 g/mol. The number of piperazine rings is 1. The number of likely N-dealkylation sites (N-methyl/N-ethyl adjacent to an activating group) is 1. The number of nitrogens with one attached hydrogen (secondary N) is 2. The van der Waals surface area contributed by atoms with Crippen LogP contribution >= 0.6 is 37.2 Å². The van der Waals surface area contributed by atoms with E-state index in [1.165, 1.54) is 18.4 Å². The lowest BCUT2D eigenvalue weighted by Crippen LogP contribution is -2.43. The largest absolute Gasteiger partial charge is 0.326 e. The number of nitrogens with zero attached hydrogens (tertiary/aromatic N) is 2. The van der Waals surface area contributed by atoms with Crippen molar-refractivity contribution in [2.24, 2.45) is 11.8 Å². The van der Waals surface area contributed by atoms with E-state index < -0.39 is 0 Å². The molecule has 1 aromatic carbocycles. The molecule has 8 heteroatoms. The van der Waals surface area contributed by atoms with Crippen molar-refractivity contribution in [3.63, 3.8) is 0 Å². The molecule has 2 saturated heterocycles. The van der Waals surface area contributed by atoms with E-state index in [1.54, 1.807) is 0 Å². The SMILES string of the molecule is CC(CC(=O)Nc1cccc(CN2CCN(C)CC2)c1)C1CCCNC1.Cl.Cl.Cl. The van der Waals surface area contributed by atoms with E-state index in [4.69, 9.17) is 0 Å². The predicted octanol–water partition coefficient (Wildman–Crippen LogP) is 3.66. The van der Waals surface area contributed by atoms with Crippen LogP contribution in [-0.4, -0.2) is 62.0 Å². The Morgan fingerprint density at radius 2 is 1.93 bits per heavy atom. The standard InChI is InChI=1S/C21H34N4O.3ClH/c1-17(19-6-4-8-22-15-19)13-21(26)23-20-7-3-5-18(14-20)16-25-11-9-24(2)10-12-25;;;/h3,5,7,14,17,19,22H,4,6,8-13,15-16H2,1-2H3,(H,23,26);3*1H. The average Bonchev–Trinajstić information content (AvgIpc) is 2.64. The second kappa shape index (κ2) is 14.4. The molecule has 0 aromatic heterocycles. The maximum atomic E-state index is 12.5. The number of rotatable bonds is 6. The Hall–Kier alpha value is -0.560. The average molecular weight is 468 g/mol. The Morgan fingerprint density at radius 1 is 1.21 bits per heavy atom. The highest BCUT2D eigenvalue weighted by molar-refractivity contribution is 5.90. The van der Waals surface area contributed by atoms with Gasteiger partial charge in [-0.1, -0.05) is 19.1 Å². The van der Waals surface area contributed by atoms with Gasteiger partial charge < -0.3 is 15.5 Å². The van der Waals surface area contributed by atoms with Gasteiger partial charge in [0.2, 0.25) is 5.91 Å². The quantitative estimate of drug-likeness (QED) is 0.670. The second-order valence-corrected chi connectivity index (χ2v) is 8.12. The van der Waals surface area contributed by atoms with Crippen LogP contribution in [0.1, 0.15) is 31.7 Å². The molecule has 0 aliphatic carbocycles. The molecule has 1 aromatic rings. The number of hydrogen-bond donors (Lipinski definition) is 2. The summed E-state index contributed by atoms with van der Waals surface area (Å²) in [6.07, 6.45) is 3.07.